The number of halogens is 4. The Morgan fingerprint density at radius 2 is 1.82 bits per heavy atom. The summed E-state index contributed by atoms with van der Waals surface area (Å²) < 4.78 is 63.4. The number of imidazole rings is 1. The zero-order valence-electron chi connectivity index (χ0n) is 23.8. The number of hydrogen-bond donors (Lipinski definition) is 2. The smallest absolute Gasteiger partial charge is 0.388 e. The van der Waals surface area contributed by atoms with E-state index in [1.54, 1.807) is 39.7 Å². The van der Waals surface area contributed by atoms with Crippen LogP contribution in [0.3, 0.4) is 0 Å². The molecule has 0 bridgehead atoms. The predicted octanol–water partition coefficient (Wildman–Crippen LogP) is 3.68. The zero-order chi connectivity index (χ0) is 30.0. The fourth-order valence-corrected chi connectivity index (χ4v) is 3.18. The van der Waals surface area contributed by atoms with E-state index in [0.717, 1.165) is 13.8 Å². The summed E-state index contributed by atoms with van der Waals surface area (Å²) in [5.41, 5.74) is -2.02. The van der Waals surface area contributed by atoms with Gasteiger partial charge in [0.05, 0.1) is 30.7 Å². The van der Waals surface area contributed by atoms with E-state index in [9.17, 15) is 27.2 Å². The molecule has 1 aliphatic heterocycles. The average Bonchev–Trinajstić information content (AvgIpc) is 3.41. The van der Waals surface area contributed by atoms with E-state index in [0.29, 0.717) is 23.3 Å². The molecule has 2 aromatic heterocycles. The van der Waals surface area contributed by atoms with Crippen molar-refractivity contribution < 1.29 is 36.6 Å². The highest BCUT2D eigenvalue weighted by Gasteiger charge is 2.48. The first kappa shape index (κ1) is 34.0. The summed E-state index contributed by atoms with van der Waals surface area (Å²) in [4.78, 5) is 28.0. The zero-order valence-corrected chi connectivity index (χ0v) is 23.8. The number of nitrogens with one attached hydrogen (secondary N) is 2. The molecule has 0 radical (unpaired) electrons. The first-order valence-corrected chi connectivity index (χ1v) is 12.4. The number of nitrogens with zero attached hydrogens (tertiary/aromatic N) is 4. The Hall–Kier alpha value is -3.00. The van der Waals surface area contributed by atoms with Gasteiger partial charge in [0.2, 0.25) is 5.91 Å². The van der Waals surface area contributed by atoms with Crippen molar-refractivity contribution in [2.75, 3.05) is 34.4 Å². The molecule has 14 heteroatoms. The molecule has 3 heterocycles. The van der Waals surface area contributed by atoms with Crippen molar-refractivity contribution in [3.8, 4) is 0 Å². The lowest BCUT2D eigenvalue weighted by molar-refractivity contribution is -0.263. The number of carbonyl (C=O) groups excluding carboxylic acids is 2. The minimum atomic E-state index is -4.46. The summed E-state index contributed by atoms with van der Waals surface area (Å²) in [6.07, 6.45) is -0.493. The van der Waals surface area contributed by atoms with E-state index in [1.165, 1.54) is 23.3 Å². The third-order valence-corrected chi connectivity index (χ3v) is 5.72. The van der Waals surface area contributed by atoms with Gasteiger partial charge in [-0.2, -0.15) is 18.3 Å². The van der Waals surface area contributed by atoms with Gasteiger partial charge >= 0.3 is 12.2 Å². The Kier molecular flexibility index (Phi) is 12.6. The van der Waals surface area contributed by atoms with Crippen LogP contribution in [0, 0.1) is 0 Å². The maximum atomic E-state index is 14.1. The van der Waals surface area contributed by atoms with Gasteiger partial charge in [-0.25, -0.2) is 18.7 Å². The van der Waals surface area contributed by atoms with E-state index in [-0.39, 0.29) is 38.1 Å². The van der Waals surface area contributed by atoms with Crippen LogP contribution in [0.5, 0.6) is 0 Å². The van der Waals surface area contributed by atoms with Crippen molar-refractivity contribution in [2.45, 2.75) is 77.5 Å². The molecule has 0 aromatic carbocycles. The molecule has 1 saturated heterocycles. The highest BCUT2D eigenvalue weighted by atomic mass is 19.4. The van der Waals surface area contributed by atoms with Crippen molar-refractivity contribution >= 4 is 17.6 Å². The van der Waals surface area contributed by atoms with Gasteiger partial charge < -0.3 is 25.0 Å². The second-order valence-corrected chi connectivity index (χ2v) is 9.89. The van der Waals surface area contributed by atoms with Crippen molar-refractivity contribution in [3.05, 3.63) is 29.7 Å². The maximum Gasteiger partial charge on any atom is 0.416 e. The number of urea groups is 1. The standard InChI is InChI=1S/C19H25F4N5O2.C4H9NO.C2H6O/c1-17(2,20)14-11-27(16(29)26-14)9-12-7-15-25-13(10-28(15)24-8-12)5-6-30-18(3,4)19(21,22)23;1-3-4(6)5-2;1-3-2/h7-8,10,14H,5-6,9,11H2,1-4H3,(H,26,29);3H2,1-2H3,(H,5,6);1-2H3. The second kappa shape index (κ2) is 14.4. The first-order chi connectivity index (χ1) is 18.0. The second-order valence-electron chi connectivity index (χ2n) is 9.89. The third-order valence-electron chi connectivity index (χ3n) is 5.72. The molecule has 1 aliphatic rings. The van der Waals surface area contributed by atoms with E-state index in [1.807, 2.05) is 6.92 Å². The minimum absolute atomic E-state index is 0.0926. The number of rotatable bonds is 8. The molecule has 3 rings (SSSR count). The number of ether oxygens (including phenoxy) is 2. The minimum Gasteiger partial charge on any atom is -0.388 e. The summed E-state index contributed by atoms with van der Waals surface area (Å²) in [5, 5.41) is 9.34. The van der Waals surface area contributed by atoms with Crippen LogP contribution in [-0.2, 0) is 27.2 Å². The number of fused-ring (bicyclic) bond motifs is 1. The molecule has 1 unspecified atom stereocenters. The van der Waals surface area contributed by atoms with Crippen molar-refractivity contribution in [1.82, 2.24) is 30.1 Å². The van der Waals surface area contributed by atoms with Gasteiger partial charge in [0, 0.05) is 47.2 Å². The summed E-state index contributed by atoms with van der Waals surface area (Å²) in [7, 11) is 4.88. The number of aromatic nitrogens is 3. The van der Waals surface area contributed by atoms with E-state index in [2.05, 4.69) is 25.5 Å². The lowest BCUT2D eigenvalue weighted by atomic mass is 10.0. The SMILES string of the molecule is CC(C)(F)C1CN(Cc2cnn3cc(CCOC(C)(C)C(F)(F)F)nc3c2)C(=O)N1.CCC(=O)NC.COC. The van der Waals surface area contributed by atoms with Crippen LogP contribution in [0.1, 0.15) is 52.3 Å². The van der Waals surface area contributed by atoms with Crippen LogP contribution in [0.25, 0.3) is 5.65 Å². The van der Waals surface area contributed by atoms with Crippen LogP contribution in [0.4, 0.5) is 22.4 Å². The lowest BCUT2D eigenvalue weighted by Gasteiger charge is -2.27. The van der Waals surface area contributed by atoms with E-state index < -0.39 is 23.5 Å². The maximum absolute atomic E-state index is 14.1. The molecule has 10 nitrogen and oxygen atoms in total. The molecule has 39 heavy (non-hydrogen) atoms. The Labute approximate surface area is 226 Å². The number of carbonyl (C=O) groups is 2. The molecule has 1 atom stereocenters. The topological polar surface area (TPSA) is 110 Å². The van der Waals surface area contributed by atoms with Gasteiger partial charge in [-0.05, 0) is 39.3 Å². The van der Waals surface area contributed by atoms with Crippen molar-refractivity contribution in [1.29, 1.82) is 0 Å². The first-order valence-electron chi connectivity index (χ1n) is 12.4. The van der Waals surface area contributed by atoms with Crippen molar-refractivity contribution in [3.63, 3.8) is 0 Å². The van der Waals surface area contributed by atoms with Gasteiger partial charge in [-0.15, -0.1) is 0 Å². The summed E-state index contributed by atoms with van der Waals surface area (Å²) >= 11 is 0. The molecule has 0 spiro atoms. The Morgan fingerprint density at radius 3 is 2.28 bits per heavy atom. The number of amides is 3. The van der Waals surface area contributed by atoms with Gasteiger partial charge in [-0.1, -0.05) is 6.92 Å². The quantitative estimate of drug-likeness (QED) is 0.474. The van der Waals surface area contributed by atoms with E-state index in [4.69, 9.17) is 4.74 Å². The molecule has 3 amide bonds. The van der Waals surface area contributed by atoms with Crippen LogP contribution in [-0.4, -0.2) is 89.3 Å². The summed E-state index contributed by atoms with van der Waals surface area (Å²) in [5.74, 6) is 0.0926. The highest BCUT2D eigenvalue weighted by molar-refractivity contribution is 5.77. The lowest BCUT2D eigenvalue weighted by Crippen LogP contribution is -2.42. The van der Waals surface area contributed by atoms with Gasteiger partial charge in [0.1, 0.15) is 5.67 Å². The molecule has 2 N–H and O–H groups in total. The largest absolute Gasteiger partial charge is 0.416 e. The van der Waals surface area contributed by atoms with Crippen LogP contribution >= 0.6 is 0 Å². The van der Waals surface area contributed by atoms with Gasteiger partial charge in [-0.3, -0.25) is 4.79 Å². The molecular weight excluding hydrogens is 524 g/mol. The number of alkyl halides is 4. The van der Waals surface area contributed by atoms with Gasteiger partial charge in [0.15, 0.2) is 11.2 Å². The fourth-order valence-electron chi connectivity index (χ4n) is 3.18. The number of methoxy groups -OCH3 is 1. The van der Waals surface area contributed by atoms with Crippen LogP contribution < -0.4 is 10.6 Å². The molecule has 1 fully saturated rings. The summed E-state index contributed by atoms with van der Waals surface area (Å²) in [6, 6.07) is 0.790. The predicted molar refractivity (Wildman–Crippen MR) is 138 cm³/mol. The highest BCUT2D eigenvalue weighted by Crippen LogP contribution is 2.32. The van der Waals surface area contributed by atoms with Crippen LogP contribution in [0.2, 0.25) is 0 Å². The Bertz CT molecular complexity index is 1060. The Balaban J connectivity index is 0.000000734. The van der Waals surface area contributed by atoms with Crippen molar-refractivity contribution in [2.24, 2.45) is 0 Å². The third kappa shape index (κ3) is 10.6. The molecule has 0 saturated carbocycles. The normalized spacial score (nSPS) is 15.7. The van der Waals surface area contributed by atoms with Crippen LogP contribution in [0.15, 0.2) is 18.5 Å². The fraction of sp³-hybridized carbons (Fsp3) is 0.680. The monoisotopic (exact) mass is 564 g/mol. The van der Waals surface area contributed by atoms with E-state index >= 15 is 0 Å². The van der Waals surface area contributed by atoms with Gasteiger partial charge in [0.25, 0.3) is 0 Å². The Morgan fingerprint density at radius 1 is 1.21 bits per heavy atom. The molecule has 0 aliphatic carbocycles. The molecular formula is C25H40F4N6O4. The number of hydrogen-bond acceptors (Lipinski definition) is 6. The molecule has 2 aromatic rings. The molecule has 222 valence electrons. The summed E-state index contributed by atoms with van der Waals surface area (Å²) in [6.45, 7) is 6.95. The average molecular weight is 565 g/mol.